The predicted octanol–water partition coefficient (Wildman–Crippen LogP) is 1.92. The van der Waals surface area contributed by atoms with Crippen molar-refractivity contribution >= 4 is 22.6 Å². The second-order valence-corrected chi connectivity index (χ2v) is 6.65. The summed E-state index contributed by atoms with van der Waals surface area (Å²) >= 11 is 0. The lowest BCUT2D eigenvalue weighted by Gasteiger charge is -2.19. The van der Waals surface area contributed by atoms with Crippen LogP contribution in [0.5, 0.6) is 0 Å². The molecule has 1 unspecified atom stereocenters. The van der Waals surface area contributed by atoms with Crippen LogP contribution in [0.1, 0.15) is 31.2 Å². The molecule has 0 aliphatic heterocycles. The number of fused-ring (bicyclic) bond motifs is 1. The molecule has 0 aromatic heterocycles. The number of nitrogens with one attached hydrogen (secondary N) is 2. The van der Waals surface area contributed by atoms with Crippen LogP contribution in [-0.2, 0) is 16.0 Å². The Balaban J connectivity index is 1.58. The van der Waals surface area contributed by atoms with E-state index in [9.17, 15) is 14.7 Å². The molecule has 1 saturated carbocycles. The van der Waals surface area contributed by atoms with Gasteiger partial charge in [0.15, 0.2) is 0 Å². The first-order chi connectivity index (χ1) is 12.2. The average Bonchev–Trinajstić information content (AvgIpc) is 3.12. The zero-order valence-corrected chi connectivity index (χ0v) is 14.2. The quantitative estimate of drug-likeness (QED) is 0.752. The van der Waals surface area contributed by atoms with Gasteiger partial charge in [-0.2, -0.15) is 0 Å². The van der Waals surface area contributed by atoms with Gasteiger partial charge >= 0.3 is 0 Å². The summed E-state index contributed by atoms with van der Waals surface area (Å²) in [7, 11) is 0. The molecule has 2 amide bonds. The molecule has 5 heteroatoms. The Morgan fingerprint density at radius 1 is 1.08 bits per heavy atom. The van der Waals surface area contributed by atoms with Crippen molar-refractivity contribution in [2.24, 2.45) is 0 Å². The zero-order valence-electron chi connectivity index (χ0n) is 14.2. The minimum Gasteiger partial charge on any atom is -0.394 e. The van der Waals surface area contributed by atoms with Crippen LogP contribution < -0.4 is 10.6 Å². The van der Waals surface area contributed by atoms with E-state index in [1.807, 2.05) is 42.5 Å². The first-order valence-corrected chi connectivity index (χ1v) is 8.84. The van der Waals surface area contributed by atoms with Crippen LogP contribution in [-0.4, -0.2) is 35.6 Å². The molecule has 1 aliphatic rings. The number of aliphatic hydroxyl groups excluding tert-OH is 1. The van der Waals surface area contributed by atoms with Gasteiger partial charge in [-0.25, -0.2) is 0 Å². The molecule has 0 saturated heterocycles. The number of benzene rings is 2. The number of carbonyl (C=O) groups excluding carboxylic acids is 2. The normalized spacial score (nSPS) is 15.9. The highest BCUT2D eigenvalue weighted by atomic mass is 16.3. The van der Waals surface area contributed by atoms with Crippen molar-refractivity contribution < 1.29 is 14.7 Å². The highest BCUT2D eigenvalue weighted by molar-refractivity contribution is 5.89. The van der Waals surface area contributed by atoms with Crippen molar-refractivity contribution in [3.8, 4) is 0 Å². The molecule has 0 heterocycles. The van der Waals surface area contributed by atoms with Crippen LogP contribution in [0.2, 0.25) is 0 Å². The van der Waals surface area contributed by atoms with Gasteiger partial charge in [0.1, 0.15) is 6.04 Å². The predicted molar refractivity (Wildman–Crippen MR) is 97.1 cm³/mol. The minimum absolute atomic E-state index is 0.166. The molecule has 1 fully saturated rings. The minimum atomic E-state index is -0.895. The van der Waals surface area contributed by atoms with Crippen LogP contribution in [0, 0.1) is 0 Å². The first-order valence-electron chi connectivity index (χ1n) is 8.84. The van der Waals surface area contributed by atoms with Gasteiger partial charge in [-0.3, -0.25) is 9.59 Å². The zero-order chi connectivity index (χ0) is 17.6. The Bertz CT molecular complexity index is 753. The molecule has 3 rings (SSSR count). The van der Waals surface area contributed by atoms with E-state index in [-0.39, 0.29) is 24.3 Å². The van der Waals surface area contributed by atoms with Crippen LogP contribution in [0.15, 0.2) is 42.5 Å². The van der Waals surface area contributed by atoms with E-state index in [2.05, 4.69) is 10.6 Å². The van der Waals surface area contributed by atoms with Crippen LogP contribution >= 0.6 is 0 Å². The summed E-state index contributed by atoms with van der Waals surface area (Å²) in [6, 6.07) is 13.1. The monoisotopic (exact) mass is 340 g/mol. The largest absolute Gasteiger partial charge is 0.394 e. The van der Waals surface area contributed by atoms with Crippen molar-refractivity contribution in [2.45, 2.75) is 44.2 Å². The maximum atomic E-state index is 12.3. The molecule has 2 aromatic rings. The van der Waals surface area contributed by atoms with Crippen LogP contribution in [0.4, 0.5) is 0 Å². The average molecular weight is 340 g/mol. The van der Waals surface area contributed by atoms with E-state index in [4.69, 9.17) is 0 Å². The van der Waals surface area contributed by atoms with Gasteiger partial charge in [-0.1, -0.05) is 55.3 Å². The second-order valence-electron chi connectivity index (χ2n) is 6.65. The molecule has 25 heavy (non-hydrogen) atoms. The highest BCUT2D eigenvalue weighted by Crippen LogP contribution is 2.18. The van der Waals surface area contributed by atoms with Gasteiger partial charge in [0.05, 0.1) is 13.0 Å². The summed E-state index contributed by atoms with van der Waals surface area (Å²) in [5.41, 5.74) is 0.879. The van der Waals surface area contributed by atoms with Crippen molar-refractivity contribution in [3.05, 3.63) is 48.0 Å². The molecular weight excluding hydrogens is 316 g/mol. The van der Waals surface area contributed by atoms with E-state index < -0.39 is 12.6 Å². The van der Waals surface area contributed by atoms with Gasteiger partial charge < -0.3 is 15.7 Å². The van der Waals surface area contributed by atoms with Crippen molar-refractivity contribution in [1.82, 2.24) is 10.6 Å². The summed E-state index contributed by atoms with van der Waals surface area (Å²) in [6.45, 7) is -0.401. The highest BCUT2D eigenvalue weighted by Gasteiger charge is 2.24. The van der Waals surface area contributed by atoms with Crippen molar-refractivity contribution in [2.75, 3.05) is 6.61 Å². The van der Waals surface area contributed by atoms with Crippen molar-refractivity contribution in [3.63, 3.8) is 0 Å². The van der Waals surface area contributed by atoms with Gasteiger partial charge in [-0.05, 0) is 29.2 Å². The lowest BCUT2D eigenvalue weighted by Crippen LogP contribution is -2.51. The molecule has 3 N–H and O–H groups in total. The molecule has 0 spiro atoms. The van der Waals surface area contributed by atoms with Gasteiger partial charge in [0, 0.05) is 6.04 Å². The van der Waals surface area contributed by atoms with E-state index in [0.29, 0.717) is 0 Å². The maximum absolute atomic E-state index is 12.3. The fourth-order valence-electron chi connectivity index (χ4n) is 3.35. The fraction of sp³-hybridized carbons (Fsp3) is 0.400. The molecule has 1 aliphatic carbocycles. The first kappa shape index (κ1) is 17.4. The van der Waals surface area contributed by atoms with E-state index in [0.717, 1.165) is 42.0 Å². The van der Waals surface area contributed by atoms with E-state index in [1.165, 1.54) is 0 Å². The summed E-state index contributed by atoms with van der Waals surface area (Å²) in [4.78, 5) is 24.5. The third-order valence-corrected chi connectivity index (χ3v) is 4.71. The van der Waals surface area contributed by atoms with Gasteiger partial charge in [-0.15, -0.1) is 0 Å². The third-order valence-electron chi connectivity index (χ3n) is 4.71. The lowest BCUT2D eigenvalue weighted by molar-refractivity contribution is -0.130. The number of amides is 2. The molecule has 1 atom stereocenters. The maximum Gasteiger partial charge on any atom is 0.245 e. The topological polar surface area (TPSA) is 78.4 Å². The Morgan fingerprint density at radius 3 is 2.52 bits per heavy atom. The summed E-state index contributed by atoms with van der Waals surface area (Å²) in [6.07, 6.45) is 4.34. The molecule has 5 nitrogen and oxygen atoms in total. The standard InChI is InChI=1S/C20H24N2O3/c23-13-18(20(25)21-17-7-3-4-8-17)22-19(24)12-14-9-10-15-5-1-2-6-16(15)11-14/h1-2,5-6,9-11,17-18,23H,3-4,7-8,12-13H2,(H,21,25)(H,22,24). The summed E-state index contributed by atoms with van der Waals surface area (Å²) in [5.74, 6) is -0.572. The number of hydrogen-bond acceptors (Lipinski definition) is 3. The van der Waals surface area contributed by atoms with Crippen molar-refractivity contribution in [1.29, 1.82) is 0 Å². The molecule has 2 aromatic carbocycles. The number of hydrogen-bond donors (Lipinski definition) is 3. The summed E-state index contributed by atoms with van der Waals surface area (Å²) < 4.78 is 0. The number of aliphatic hydroxyl groups is 1. The fourth-order valence-corrected chi connectivity index (χ4v) is 3.35. The second kappa shape index (κ2) is 8.12. The van der Waals surface area contributed by atoms with Crippen LogP contribution in [0.25, 0.3) is 10.8 Å². The molecule has 0 bridgehead atoms. The Labute approximate surface area is 147 Å². The molecular formula is C20H24N2O3. The third kappa shape index (κ3) is 4.57. The van der Waals surface area contributed by atoms with Gasteiger partial charge in [0.25, 0.3) is 0 Å². The SMILES string of the molecule is O=C(Cc1ccc2ccccc2c1)NC(CO)C(=O)NC1CCCC1. The van der Waals surface area contributed by atoms with E-state index >= 15 is 0 Å². The Hall–Kier alpha value is -2.40. The lowest BCUT2D eigenvalue weighted by atomic mass is 10.0. The van der Waals surface area contributed by atoms with Gasteiger partial charge in [0.2, 0.25) is 11.8 Å². The smallest absolute Gasteiger partial charge is 0.245 e. The number of carbonyl (C=O) groups is 2. The number of rotatable bonds is 6. The van der Waals surface area contributed by atoms with Crippen LogP contribution in [0.3, 0.4) is 0 Å². The Kier molecular flexibility index (Phi) is 5.66. The van der Waals surface area contributed by atoms with E-state index in [1.54, 1.807) is 0 Å². The summed E-state index contributed by atoms with van der Waals surface area (Å²) in [5, 5.41) is 17.2. The Morgan fingerprint density at radius 2 is 1.80 bits per heavy atom. The molecule has 132 valence electrons. The molecule has 0 radical (unpaired) electrons.